The van der Waals surface area contributed by atoms with E-state index in [-0.39, 0.29) is 11.9 Å². The number of rotatable bonds is 10. The minimum absolute atomic E-state index is 0.0586. The highest BCUT2D eigenvalue weighted by Gasteiger charge is 2.23. The lowest BCUT2D eigenvalue weighted by Crippen LogP contribution is -2.45. The second-order valence-corrected chi connectivity index (χ2v) is 8.05. The van der Waals surface area contributed by atoms with E-state index in [1.807, 2.05) is 20.8 Å². The highest BCUT2D eigenvalue weighted by Crippen LogP contribution is 2.32. The molecule has 10 heteroatoms. The lowest BCUT2D eigenvalue weighted by Gasteiger charge is -2.22. The standard InChI is InChI=1S/C26H30N6O4/c1-4-35-22-15-19(7-10-21(22)36-16(2)3)23(30-20-8-5-17(6-9-20)24(27)28)26(34)32-31-25(33)18-11-13-29-14-12-18/h5-16,23,30H,4H2,1-3H3,(H3,27,28)(H,31,33)(H,32,34). The molecule has 1 atom stereocenters. The molecule has 0 aliphatic heterocycles. The number of benzene rings is 2. The number of amides is 2. The number of amidine groups is 1. The van der Waals surface area contributed by atoms with Crippen molar-refractivity contribution >= 4 is 23.3 Å². The van der Waals surface area contributed by atoms with Crippen molar-refractivity contribution in [3.05, 3.63) is 83.7 Å². The summed E-state index contributed by atoms with van der Waals surface area (Å²) in [5.41, 5.74) is 12.6. The van der Waals surface area contributed by atoms with Crippen molar-refractivity contribution in [1.29, 1.82) is 5.41 Å². The van der Waals surface area contributed by atoms with Crippen LogP contribution in [0, 0.1) is 5.41 Å². The van der Waals surface area contributed by atoms with Gasteiger partial charge < -0.3 is 20.5 Å². The molecule has 1 heterocycles. The Hall–Kier alpha value is -4.60. The lowest BCUT2D eigenvalue weighted by molar-refractivity contribution is -0.122. The first kappa shape index (κ1) is 26.0. The topological polar surface area (TPSA) is 151 Å². The normalized spacial score (nSPS) is 11.3. The van der Waals surface area contributed by atoms with Gasteiger partial charge in [-0.2, -0.15) is 0 Å². The molecule has 3 aromatic rings. The van der Waals surface area contributed by atoms with Gasteiger partial charge in [0.2, 0.25) is 0 Å². The second-order valence-electron chi connectivity index (χ2n) is 8.05. The fraction of sp³-hybridized carbons (Fsp3) is 0.231. The molecule has 36 heavy (non-hydrogen) atoms. The molecule has 0 radical (unpaired) electrons. The second kappa shape index (κ2) is 12.2. The average molecular weight is 491 g/mol. The Labute approximate surface area is 209 Å². The Bertz CT molecular complexity index is 1200. The molecule has 6 N–H and O–H groups in total. The highest BCUT2D eigenvalue weighted by atomic mass is 16.5. The van der Waals surface area contributed by atoms with Crippen LogP contribution in [-0.4, -0.2) is 35.3 Å². The molecular weight excluding hydrogens is 460 g/mol. The summed E-state index contributed by atoms with van der Waals surface area (Å²) in [4.78, 5) is 29.6. The van der Waals surface area contributed by atoms with Crippen molar-refractivity contribution in [2.45, 2.75) is 32.9 Å². The van der Waals surface area contributed by atoms with Crippen LogP contribution in [0.3, 0.4) is 0 Å². The molecule has 0 saturated carbocycles. The molecule has 0 fully saturated rings. The van der Waals surface area contributed by atoms with Crippen molar-refractivity contribution in [2.24, 2.45) is 5.73 Å². The molecule has 1 unspecified atom stereocenters. The Kier molecular flexibility index (Phi) is 8.82. The summed E-state index contributed by atoms with van der Waals surface area (Å²) in [7, 11) is 0. The van der Waals surface area contributed by atoms with Gasteiger partial charge in [-0.15, -0.1) is 0 Å². The molecule has 0 saturated heterocycles. The molecule has 10 nitrogen and oxygen atoms in total. The first-order valence-electron chi connectivity index (χ1n) is 11.4. The van der Waals surface area contributed by atoms with E-state index in [9.17, 15) is 9.59 Å². The fourth-order valence-corrected chi connectivity index (χ4v) is 3.30. The average Bonchev–Trinajstić information content (AvgIpc) is 2.87. The highest BCUT2D eigenvalue weighted by molar-refractivity contribution is 5.97. The number of nitrogen functional groups attached to an aromatic ring is 1. The maximum atomic E-state index is 13.3. The number of hydrazine groups is 1. The van der Waals surface area contributed by atoms with Crippen molar-refractivity contribution in [3.63, 3.8) is 0 Å². The number of ether oxygens (including phenoxy) is 2. The molecule has 2 amide bonds. The number of nitrogens with one attached hydrogen (secondary N) is 4. The maximum absolute atomic E-state index is 13.3. The van der Waals surface area contributed by atoms with Crippen molar-refractivity contribution < 1.29 is 19.1 Å². The Morgan fingerprint density at radius 1 is 0.972 bits per heavy atom. The Balaban J connectivity index is 1.88. The van der Waals surface area contributed by atoms with Gasteiger partial charge in [-0.3, -0.25) is 30.8 Å². The van der Waals surface area contributed by atoms with Crippen LogP contribution in [0.15, 0.2) is 67.0 Å². The quantitative estimate of drug-likeness (QED) is 0.166. The van der Waals surface area contributed by atoms with E-state index in [1.54, 1.807) is 42.5 Å². The van der Waals surface area contributed by atoms with Crippen LogP contribution in [0.2, 0.25) is 0 Å². The van der Waals surface area contributed by atoms with Crippen LogP contribution in [0.25, 0.3) is 0 Å². The third kappa shape index (κ3) is 6.95. The summed E-state index contributed by atoms with van der Waals surface area (Å²) in [6, 6.07) is 14.2. The summed E-state index contributed by atoms with van der Waals surface area (Å²) in [6.45, 7) is 6.10. The molecule has 0 spiro atoms. The zero-order valence-electron chi connectivity index (χ0n) is 20.4. The lowest BCUT2D eigenvalue weighted by atomic mass is 10.0. The number of pyridine rings is 1. The number of carbonyl (C=O) groups excluding carboxylic acids is 2. The Morgan fingerprint density at radius 2 is 1.67 bits per heavy atom. The summed E-state index contributed by atoms with van der Waals surface area (Å²) in [5.74, 6) is 0.0124. The van der Waals surface area contributed by atoms with E-state index in [1.165, 1.54) is 24.5 Å². The molecule has 2 aromatic carbocycles. The molecule has 3 rings (SSSR count). The van der Waals surface area contributed by atoms with Gasteiger partial charge in [0.25, 0.3) is 11.8 Å². The van der Waals surface area contributed by atoms with Gasteiger partial charge in [-0.25, -0.2) is 0 Å². The van der Waals surface area contributed by atoms with E-state index < -0.39 is 17.9 Å². The number of anilines is 1. The largest absolute Gasteiger partial charge is 0.490 e. The third-order valence-electron chi connectivity index (χ3n) is 4.97. The number of carbonyl (C=O) groups is 2. The summed E-state index contributed by atoms with van der Waals surface area (Å²) in [6.07, 6.45) is 2.92. The van der Waals surface area contributed by atoms with E-state index in [4.69, 9.17) is 20.6 Å². The zero-order valence-corrected chi connectivity index (χ0v) is 20.4. The predicted octanol–water partition coefficient (Wildman–Crippen LogP) is 3.17. The van der Waals surface area contributed by atoms with Crippen LogP contribution in [0.5, 0.6) is 11.5 Å². The molecule has 0 aliphatic carbocycles. The van der Waals surface area contributed by atoms with E-state index >= 15 is 0 Å². The summed E-state index contributed by atoms with van der Waals surface area (Å²) in [5, 5.41) is 10.7. The van der Waals surface area contributed by atoms with Crippen molar-refractivity contribution in [2.75, 3.05) is 11.9 Å². The summed E-state index contributed by atoms with van der Waals surface area (Å²) < 4.78 is 11.6. The Morgan fingerprint density at radius 3 is 2.28 bits per heavy atom. The minimum atomic E-state index is -0.904. The van der Waals surface area contributed by atoms with Crippen LogP contribution in [0.1, 0.15) is 48.3 Å². The van der Waals surface area contributed by atoms with Gasteiger partial charge in [0.1, 0.15) is 11.9 Å². The number of hydrogen-bond donors (Lipinski definition) is 5. The smallest absolute Gasteiger partial charge is 0.269 e. The molecule has 0 aliphatic rings. The van der Waals surface area contributed by atoms with Gasteiger partial charge in [0.05, 0.1) is 12.7 Å². The fourth-order valence-electron chi connectivity index (χ4n) is 3.30. The summed E-state index contributed by atoms with van der Waals surface area (Å²) >= 11 is 0. The van der Waals surface area contributed by atoms with Gasteiger partial charge in [-0.05, 0) is 74.9 Å². The number of hydrogen-bond acceptors (Lipinski definition) is 7. The molecule has 1 aromatic heterocycles. The third-order valence-corrected chi connectivity index (χ3v) is 4.97. The number of aromatic nitrogens is 1. The van der Waals surface area contributed by atoms with Gasteiger partial charge >= 0.3 is 0 Å². The number of nitrogens with two attached hydrogens (primary N) is 1. The van der Waals surface area contributed by atoms with Gasteiger partial charge in [0.15, 0.2) is 11.5 Å². The molecule has 0 bridgehead atoms. The van der Waals surface area contributed by atoms with Crippen LogP contribution in [-0.2, 0) is 4.79 Å². The van der Waals surface area contributed by atoms with E-state index in [0.29, 0.717) is 40.5 Å². The molecule has 188 valence electrons. The first-order valence-corrected chi connectivity index (χ1v) is 11.4. The first-order chi connectivity index (χ1) is 17.3. The molecular formula is C26H30N6O4. The SMILES string of the molecule is CCOc1cc(C(Nc2ccc(C(=N)N)cc2)C(=O)NNC(=O)c2ccncc2)ccc1OC(C)C. The van der Waals surface area contributed by atoms with Crippen LogP contribution >= 0.6 is 0 Å². The van der Waals surface area contributed by atoms with Gasteiger partial charge in [0, 0.05) is 29.2 Å². The predicted molar refractivity (Wildman–Crippen MR) is 137 cm³/mol. The van der Waals surface area contributed by atoms with E-state index in [0.717, 1.165) is 0 Å². The van der Waals surface area contributed by atoms with Crippen LogP contribution in [0.4, 0.5) is 5.69 Å². The minimum Gasteiger partial charge on any atom is -0.490 e. The van der Waals surface area contributed by atoms with Crippen molar-refractivity contribution in [3.8, 4) is 11.5 Å². The van der Waals surface area contributed by atoms with Gasteiger partial charge in [-0.1, -0.05) is 6.07 Å². The van der Waals surface area contributed by atoms with Crippen LogP contribution < -0.4 is 31.4 Å². The monoisotopic (exact) mass is 490 g/mol. The maximum Gasteiger partial charge on any atom is 0.269 e. The van der Waals surface area contributed by atoms with Crippen molar-refractivity contribution in [1.82, 2.24) is 15.8 Å². The zero-order chi connectivity index (χ0) is 26.1. The van der Waals surface area contributed by atoms with E-state index in [2.05, 4.69) is 21.2 Å². The number of nitrogens with zero attached hydrogens (tertiary/aromatic N) is 1.